The van der Waals surface area contributed by atoms with Gasteiger partial charge in [0.2, 0.25) is 11.8 Å². The number of anilines is 1. The maximum atomic E-state index is 13.9. The maximum Gasteiger partial charge on any atom is 0.418 e. The van der Waals surface area contributed by atoms with Crippen LogP contribution in [0.25, 0.3) is 0 Å². The lowest BCUT2D eigenvalue weighted by molar-refractivity contribution is -0.138. The second-order valence-corrected chi connectivity index (χ2v) is 7.62. The summed E-state index contributed by atoms with van der Waals surface area (Å²) < 4.78 is 53.4. The lowest BCUT2D eigenvalue weighted by atomic mass is 10.0. The van der Waals surface area contributed by atoms with Crippen LogP contribution in [-0.2, 0) is 15.8 Å². The van der Waals surface area contributed by atoms with E-state index in [0.29, 0.717) is 0 Å². The van der Waals surface area contributed by atoms with Crippen LogP contribution in [0.5, 0.6) is 0 Å². The van der Waals surface area contributed by atoms with E-state index in [9.17, 15) is 31.9 Å². The topological polar surface area (TPSA) is 78.5 Å². The Morgan fingerprint density at radius 1 is 1.00 bits per heavy atom. The molecule has 2 aromatic rings. The van der Waals surface area contributed by atoms with Crippen LogP contribution in [0, 0.1) is 11.7 Å². The summed E-state index contributed by atoms with van der Waals surface area (Å²) in [6.45, 7) is 4.45. The highest BCUT2D eigenvalue weighted by Gasteiger charge is 2.34. The number of likely N-dealkylation sites (N-methyl/N-ethyl adjacent to an activating group) is 1. The molecule has 0 radical (unpaired) electrons. The lowest BCUT2D eigenvalue weighted by Gasteiger charge is -2.29. The zero-order chi connectivity index (χ0) is 24.8. The summed E-state index contributed by atoms with van der Waals surface area (Å²) in [5.74, 6) is -3.39. The van der Waals surface area contributed by atoms with Gasteiger partial charge in [-0.2, -0.15) is 13.2 Å². The van der Waals surface area contributed by atoms with Gasteiger partial charge in [-0.05, 0) is 37.1 Å². The molecular formula is C23H25F4N3O3. The Hall–Kier alpha value is -3.43. The summed E-state index contributed by atoms with van der Waals surface area (Å²) in [5, 5.41) is 4.68. The van der Waals surface area contributed by atoms with Gasteiger partial charge in [0, 0.05) is 6.54 Å². The Morgan fingerprint density at radius 3 is 2.18 bits per heavy atom. The van der Waals surface area contributed by atoms with Crippen LogP contribution >= 0.6 is 0 Å². The minimum atomic E-state index is -4.66. The number of nitrogens with one attached hydrogen (secondary N) is 2. The second-order valence-electron chi connectivity index (χ2n) is 7.62. The van der Waals surface area contributed by atoms with Crippen molar-refractivity contribution in [3.05, 3.63) is 65.5 Å². The molecule has 2 aromatic carbocycles. The fourth-order valence-electron chi connectivity index (χ4n) is 3.12. The monoisotopic (exact) mass is 467 g/mol. The van der Waals surface area contributed by atoms with E-state index in [-0.39, 0.29) is 12.1 Å². The van der Waals surface area contributed by atoms with Crippen LogP contribution in [0.4, 0.5) is 23.2 Å². The molecule has 2 N–H and O–H groups in total. The zero-order valence-electron chi connectivity index (χ0n) is 18.4. The number of benzene rings is 2. The fraction of sp³-hybridized carbons (Fsp3) is 0.348. The van der Waals surface area contributed by atoms with E-state index in [1.807, 2.05) is 0 Å². The molecule has 0 aromatic heterocycles. The number of hydrogen-bond donors (Lipinski definition) is 2. The number of amides is 3. The molecule has 0 spiro atoms. The van der Waals surface area contributed by atoms with Gasteiger partial charge in [-0.25, -0.2) is 4.39 Å². The Bertz CT molecular complexity index is 1010. The van der Waals surface area contributed by atoms with E-state index >= 15 is 0 Å². The fourth-order valence-corrected chi connectivity index (χ4v) is 3.12. The molecule has 0 bridgehead atoms. The van der Waals surface area contributed by atoms with Crippen molar-refractivity contribution in [2.45, 2.75) is 33.0 Å². The van der Waals surface area contributed by atoms with Gasteiger partial charge in [0.1, 0.15) is 11.9 Å². The van der Waals surface area contributed by atoms with E-state index in [1.165, 1.54) is 30.3 Å². The lowest BCUT2D eigenvalue weighted by Crippen LogP contribution is -2.52. The van der Waals surface area contributed by atoms with Gasteiger partial charge in [0.25, 0.3) is 5.91 Å². The van der Waals surface area contributed by atoms with Crippen molar-refractivity contribution in [1.29, 1.82) is 0 Å². The second kappa shape index (κ2) is 10.9. The smallest absolute Gasteiger partial charge is 0.340 e. The Balaban J connectivity index is 2.14. The van der Waals surface area contributed by atoms with Crippen LogP contribution in [0.2, 0.25) is 0 Å². The highest BCUT2D eigenvalue weighted by Crippen LogP contribution is 2.34. The molecule has 0 saturated heterocycles. The van der Waals surface area contributed by atoms with Crippen molar-refractivity contribution in [3.63, 3.8) is 0 Å². The number of alkyl halides is 3. The quantitative estimate of drug-likeness (QED) is 0.574. The molecule has 178 valence electrons. The van der Waals surface area contributed by atoms with Crippen molar-refractivity contribution >= 4 is 23.4 Å². The minimum absolute atomic E-state index is 0.0615. The first-order valence-corrected chi connectivity index (χ1v) is 10.3. The highest BCUT2D eigenvalue weighted by atomic mass is 19.4. The van der Waals surface area contributed by atoms with Crippen LogP contribution < -0.4 is 10.6 Å². The molecular weight excluding hydrogens is 442 g/mol. The summed E-state index contributed by atoms with van der Waals surface area (Å²) in [5.41, 5.74) is -1.67. The van der Waals surface area contributed by atoms with Crippen molar-refractivity contribution in [1.82, 2.24) is 10.2 Å². The molecule has 0 saturated carbocycles. The predicted octanol–water partition coefficient (Wildman–Crippen LogP) is 4.09. The molecule has 0 aliphatic carbocycles. The first kappa shape index (κ1) is 25.8. The molecule has 10 heteroatoms. The number of carbonyl (C=O) groups excluding carboxylic acids is 3. The number of nitrogens with zero attached hydrogens (tertiary/aromatic N) is 1. The standard InChI is InChI=1S/C23H25F4N3O3/c1-4-30(13-19(31)28-18-12-8-6-10-16(18)23(25,26)27)22(33)20(14(2)3)29-21(32)15-9-5-7-11-17(15)24/h5-12,14,20H,4,13H2,1-3H3,(H,28,31)(H,29,32). The van der Waals surface area contributed by atoms with Gasteiger partial charge in [0.05, 0.1) is 23.4 Å². The average Bonchev–Trinajstić information content (AvgIpc) is 2.75. The van der Waals surface area contributed by atoms with Crippen molar-refractivity contribution in [2.24, 2.45) is 5.92 Å². The van der Waals surface area contributed by atoms with Gasteiger partial charge >= 0.3 is 6.18 Å². The summed E-state index contributed by atoms with van der Waals surface area (Å²) in [4.78, 5) is 39.1. The zero-order valence-corrected chi connectivity index (χ0v) is 18.4. The third-order valence-corrected chi connectivity index (χ3v) is 4.87. The van der Waals surface area contributed by atoms with Gasteiger partial charge in [-0.15, -0.1) is 0 Å². The minimum Gasteiger partial charge on any atom is -0.340 e. The SMILES string of the molecule is CCN(CC(=O)Nc1ccccc1C(F)(F)F)C(=O)C(NC(=O)c1ccccc1F)C(C)C. The molecule has 0 heterocycles. The summed E-state index contributed by atoms with van der Waals surface area (Å²) in [7, 11) is 0. The summed E-state index contributed by atoms with van der Waals surface area (Å²) in [6, 6.07) is 8.71. The molecule has 1 atom stereocenters. The van der Waals surface area contributed by atoms with Crippen LogP contribution in [0.15, 0.2) is 48.5 Å². The largest absolute Gasteiger partial charge is 0.418 e. The molecule has 33 heavy (non-hydrogen) atoms. The third kappa shape index (κ3) is 6.77. The predicted molar refractivity (Wildman–Crippen MR) is 115 cm³/mol. The number of halogens is 4. The van der Waals surface area contributed by atoms with Crippen LogP contribution in [0.1, 0.15) is 36.7 Å². The molecule has 3 amide bonds. The molecule has 2 rings (SSSR count). The number of para-hydroxylation sites is 1. The van der Waals surface area contributed by atoms with Gasteiger partial charge in [-0.3, -0.25) is 14.4 Å². The van der Waals surface area contributed by atoms with Crippen molar-refractivity contribution < 1.29 is 31.9 Å². The maximum absolute atomic E-state index is 13.9. The molecule has 0 aliphatic rings. The highest BCUT2D eigenvalue weighted by molar-refractivity contribution is 5.99. The molecule has 1 unspecified atom stereocenters. The molecule has 6 nitrogen and oxygen atoms in total. The Kier molecular flexibility index (Phi) is 8.56. The van der Waals surface area contributed by atoms with E-state index < -0.39 is 59.5 Å². The number of carbonyl (C=O) groups is 3. The van der Waals surface area contributed by atoms with Crippen LogP contribution in [0.3, 0.4) is 0 Å². The van der Waals surface area contributed by atoms with Gasteiger partial charge < -0.3 is 15.5 Å². The number of rotatable bonds is 8. The van der Waals surface area contributed by atoms with E-state index in [4.69, 9.17) is 0 Å². The summed E-state index contributed by atoms with van der Waals surface area (Å²) in [6.07, 6.45) is -4.66. The van der Waals surface area contributed by atoms with Gasteiger partial charge in [0.15, 0.2) is 0 Å². The molecule has 0 aliphatic heterocycles. The Labute approximate surface area is 189 Å². The van der Waals surface area contributed by atoms with E-state index in [2.05, 4.69) is 10.6 Å². The third-order valence-electron chi connectivity index (χ3n) is 4.87. The number of hydrogen-bond acceptors (Lipinski definition) is 3. The van der Waals surface area contributed by atoms with E-state index in [1.54, 1.807) is 20.8 Å². The van der Waals surface area contributed by atoms with Crippen molar-refractivity contribution in [2.75, 3.05) is 18.4 Å². The summed E-state index contributed by atoms with van der Waals surface area (Å²) >= 11 is 0. The van der Waals surface area contributed by atoms with Crippen molar-refractivity contribution in [3.8, 4) is 0 Å². The van der Waals surface area contributed by atoms with Crippen LogP contribution in [-0.4, -0.2) is 41.8 Å². The van der Waals surface area contributed by atoms with E-state index in [0.717, 1.165) is 23.1 Å². The first-order chi connectivity index (χ1) is 15.5. The normalized spacial score (nSPS) is 12.2. The molecule has 0 fully saturated rings. The van der Waals surface area contributed by atoms with Gasteiger partial charge in [-0.1, -0.05) is 38.1 Å². The Morgan fingerprint density at radius 2 is 1.61 bits per heavy atom. The average molecular weight is 467 g/mol. The first-order valence-electron chi connectivity index (χ1n) is 10.3.